The van der Waals surface area contributed by atoms with E-state index in [1.165, 1.54) is 0 Å². The van der Waals surface area contributed by atoms with Gasteiger partial charge in [-0.1, -0.05) is 12.2 Å². The molecule has 1 rings (SSSR count). The SMILES string of the molecule is CCOC(=O)C1=CC=CC(OC#N)CC1. The van der Waals surface area contributed by atoms with Gasteiger partial charge in [0, 0.05) is 5.57 Å². The molecule has 4 nitrogen and oxygen atoms in total. The van der Waals surface area contributed by atoms with E-state index in [4.69, 9.17) is 14.7 Å². The van der Waals surface area contributed by atoms with Crippen LogP contribution in [0.3, 0.4) is 0 Å². The number of esters is 1. The summed E-state index contributed by atoms with van der Waals surface area (Å²) in [5.41, 5.74) is 0.622. The van der Waals surface area contributed by atoms with E-state index in [0.717, 1.165) is 0 Å². The van der Waals surface area contributed by atoms with Gasteiger partial charge in [-0.05, 0) is 25.8 Å². The number of nitrogens with zero attached hydrogens (tertiary/aromatic N) is 1. The number of nitriles is 1. The fraction of sp³-hybridized carbons (Fsp3) is 0.455. The highest BCUT2D eigenvalue weighted by molar-refractivity contribution is 5.88. The minimum atomic E-state index is -0.292. The third-order valence-corrected chi connectivity index (χ3v) is 2.06. The van der Waals surface area contributed by atoms with E-state index in [1.54, 1.807) is 31.4 Å². The topological polar surface area (TPSA) is 59.3 Å². The lowest BCUT2D eigenvalue weighted by molar-refractivity contribution is -0.138. The molecule has 0 aromatic carbocycles. The molecule has 0 N–H and O–H groups in total. The number of carbonyl (C=O) groups excluding carboxylic acids is 1. The van der Waals surface area contributed by atoms with Crippen molar-refractivity contribution in [2.45, 2.75) is 25.9 Å². The highest BCUT2D eigenvalue weighted by Crippen LogP contribution is 2.16. The van der Waals surface area contributed by atoms with Crippen LogP contribution in [0.1, 0.15) is 19.8 Å². The van der Waals surface area contributed by atoms with E-state index in [0.29, 0.717) is 25.0 Å². The number of hydrogen-bond donors (Lipinski definition) is 0. The molecule has 0 heterocycles. The van der Waals surface area contributed by atoms with E-state index in [-0.39, 0.29) is 12.1 Å². The summed E-state index contributed by atoms with van der Waals surface area (Å²) in [5.74, 6) is -0.292. The molecule has 4 heteroatoms. The zero-order chi connectivity index (χ0) is 11.1. The second-order valence-electron chi connectivity index (χ2n) is 3.08. The van der Waals surface area contributed by atoms with Gasteiger partial charge in [-0.25, -0.2) is 4.79 Å². The largest absolute Gasteiger partial charge is 0.463 e. The Morgan fingerprint density at radius 1 is 1.73 bits per heavy atom. The average molecular weight is 207 g/mol. The number of carbonyl (C=O) groups is 1. The molecular weight excluding hydrogens is 194 g/mol. The van der Waals surface area contributed by atoms with Gasteiger partial charge in [0.15, 0.2) is 0 Å². The fourth-order valence-electron chi connectivity index (χ4n) is 1.33. The normalized spacial score (nSPS) is 19.7. The Balaban J connectivity index is 2.54. The minimum absolute atomic E-state index is 0.238. The van der Waals surface area contributed by atoms with E-state index in [1.807, 2.05) is 0 Å². The smallest absolute Gasteiger partial charge is 0.333 e. The molecule has 1 atom stereocenters. The zero-order valence-electron chi connectivity index (χ0n) is 8.60. The van der Waals surface area contributed by atoms with Gasteiger partial charge >= 0.3 is 5.97 Å². The fourth-order valence-corrected chi connectivity index (χ4v) is 1.33. The molecule has 0 spiro atoms. The van der Waals surface area contributed by atoms with Gasteiger partial charge in [0.2, 0.25) is 0 Å². The van der Waals surface area contributed by atoms with Crippen LogP contribution in [-0.4, -0.2) is 18.7 Å². The van der Waals surface area contributed by atoms with E-state index in [9.17, 15) is 4.79 Å². The first-order valence-electron chi connectivity index (χ1n) is 4.87. The van der Waals surface area contributed by atoms with Crippen LogP contribution in [0.5, 0.6) is 0 Å². The second kappa shape index (κ2) is 5.86. The van der Waals surface area contributed by atoms with Crippen molar-refractivity contribution >= 4 is 5.97 Å². The third kappa shape index (κ3) is 3.47. The highest BCUT2D eigenvalue weighted by atomic mass is 16.5. The molecule has 0 saturated heterocycles. The predicted molar refractivity (Wildman–Crippen MR) is 53.6 cm³/mol. The van der Waals surface area contributed by atoms with Gasteiger partial charge in [-0.2, -0.15) is 5.26 Å². The van der Waals surface area contributed by atoms with Crippen LogP contribution in [0.25, 0.3) is 0 Å². The van der Waals surface area contributed by atoms with Crippen LogP contribution in [0.2, 0.25) is 0 Å². The van der Waals surface area contributed by atoms with Crippen LogP contribution in [-0.2, 0) is 14.3 Å². The van der Waals surface area contributed by atoms with E-state index in [2.05, 4.69) is 0 Å². The van der Waals surface area contributed by atoms with Gasteiger partial charge in [-0.15, -0.1) is 0 Å². The third-order valence-electron chi connectivity index (χ3n) is 2.06. The van der Waals surface area contributed by atoms with Crippen molar-refractivity contribution in [3.05, 3.63) is 23.8 Å². The first-order valence-corrected chi connectivity index (χ1v) is 4.87. The summed E-state index contributed by atoms with van der Waals surface area (Å²) in [6, 6.07) is 0. The van der Waals surface area contributed by atoms with Crippen molar-refractivity contribution in [2.24, 2.45) is 0 Å². The summed E-state index contributed by atoms with van der Waals surface area (Å²) in [6.45, 7) is 2.14. The molecule has 0 bridgehead atoms. The monoisotopic (exact) mass is 207 g/mol. The number of ether oxygens (including phenoxy) is 2. The maximum absolute atomic E-state index is 11.4. The maximum Gasteiger partial charge on any atom is 0.333 e. The second-order valence-corrected chi connectivity index (χ2v) is 3.08. The Labute approximate surface area is 88.8 Å². The summed E-state index contributed by atoms with van der Waals surface area (Å²) in [6.07, 6.45) is 7.78. The van der Waals surface area contributed by atoms with Gasteiger partial charge < -0.3 is 9.47 Å². The molecule has 0 aromatic rings. The molecule has 0 radical (unpaired) electrons. The summed E-state index contributed by atoms with van der Waals surface area (Å²) < 4.78 is 9.67. The highest BCUT2D eigenvalue weighted by Gasteiger charge is 2.15. The van der Waals surface area contributed by atoms with Crippen LogP contribution < -0.4 is 0 Å². The van der Waals surface area contributed by atoms with Gasteiger partial charge in [0.1, 0.15) is 6.10 Å². The maximum atomic E-state index is 11.4. The van der Waals surface area contributed by atoms with E-state index >= 15 is 0 Å². The van der Waals surface area contributed by atoms with Crippen molar-refractivity contribution in [1.29, 1.82) is 5.26 Å². The molecule has 1 aliphatic rings. The summed E-state index contributed by atoms with van der Waals surface area (Å²) >= 11 is 0. The Morgan fingerprint density at radius 3 is 3.20 bits per heavy atom. The van der Waals surface area contributed by atoms with Gasteiger partial charge in [0.05, 0.1) is 6.61 Å². The Bertz CT molecular complexity index is 325. The predicted octanol–water partition coefficient (Wildman–Crippen LogP) is 1.69. The van der Waals surface area contributed by atoms with Crippen LogP contribution in [0.15, 0.2) is 23.8 Å². The van der Waals surface area contributed by atoms with Crippen molar-refractivity contribution in [3.63, 3.8) is 0 Å². The minimum Gasteiger partial charge on any atom is -0.463 e. The standard InChI is InChI=1S/C11H13NO3/c1-2-14-11(13)9-4-3-5-10(7-6-9)15-8-12/h3-5,10H,2,6-7H2,1H3. The van der Waals surface area contributed by atoms with E-state index < -0.39 is 0 Å². The lowest BCUT2D eigenvalue weighted by Gasteiger charge is -2.08. The molecule has 1 unspecified atom stereocenters. The van der Waals surface area contributed by atoms with Crippen LogP contribution >= 0.6 is 0 Å². The Kier molecular flexibility index (Phi) is 4.42. The molecular formula is C11H13NO3. The lowest BCUT2D eigenvalue weighted by atomic mass is 10.1. The first kappa shape index (κ1) is 11.3. The average Bonchev–Trinajstić information content (AvgIpc) is 2.44. The first-order chi connectivity index (χ1) is 7.27. The lowest BCUT2D eigenvalue weighted by Crippen LogP contribution is -2.10. The molecule has 0 aliphatic heterocycles. The quantitative estimate of drug-likeness (QED) is 0.522. The number of rotatable bonds is 3. The zero-order valence-corrected chi connectivity index (χ0v) is 8.60. The molecule has 80 valence electrons. The summed E-state index contributed by atoms with van der Waals surface area (Å²) in [5, 5.41) is 8.35. The Hall–Kier alpha value is -1.76. The van der Waals surface area contributed by atoms with Gasteiger partial charge in [-0.3, -0.25) is 0 Å². The summed E-state index contributed by atoms with van der Waals surface area (Å²) in [4.78, 5) is 11.4. The Morgan fingerprint density at radius 2 is 2.53 bits per heavy atom. The van der Waals surface area contributed by atoms with Crippen molar-refractivity contribution in [2.75, 3.05) is 6.61 Å². The van der Waals surface area contributed by atoms with Crippen LogP contribution in [0.4, 0.5) is 0 Å². The summed E-state index contributed by atoms with van der Waals surface area (Å²) in [7, 11) is 0. The molecule has 0 saturated carbocycles. The molecule has 0 amide bonds. The van der Waals surface area contributed by atoms with Crippen molar-refractivity contribution < 1.29 is 14.3 Å². The molecule has 0 aromatic heterocycles. The molecule has 15 heavy (non-hydrogen) atoms. The van der Waals surface area contributed by atoms with Crippen molar-refractivity contribution in [3.8, 4) is 6.26 Å². The number of hydrogen-bond acceptors (Lipinski definition) is 4. The molecule has 0 fully saturated rings. The van der Waals surface area contributed by atoms with Gasteiger partial charge in [0.25, 0.3) is 6.26 Å². The molecule has 1 aliphatic carbocycles. The van der Waals surface area contributed by atoms with Crippen LogP contribution in [0, 0.1) is 11.5 Å². The number of allylic oxidation sites excluding steroid dienone is 2. The van der Waals surface area contributed by atoms with Crippen molar-refractivity contribution in [1.82, 2.24) is 0 Å².